The minimum absolute atomic E-state index is 0.755. The third kappa shape index (κ3) is 4.16. The van der Waals surface area contributed by atoms with Crippen LogP contribution in [0.3, 0.4) is 0 Å². The van der Waals surface area contributed by atoms with E-state index >= 15 is 0 Å². The molecule has 0 aliphatic rings. The van der Waals surface area contributed by atoms with E-state index in [4.69, 9.17) is 9.47 Å². The Balaban J connectivity index is 2.33. The highest BCUT2D eigenvalue weighted by Gasteiger charge is 2.17. The summed E-state index contributed by atoms with van der Waals surface area (Å²) in [4.78, 5) is 4.61. The van der Waals surface area contributed by atoms with Crippen LogP contribution in [0.25, 0.3) is 5.57 Å². The second kappa shape index (κ2) is 8.60. The first-order chi connectivity index (χ1) is 13.5. The van der Waals surface area contributed by atoms with E-state index in [1.807, 2.05) is 48.5 Å². The zero-order valence-electron chi connectivity index (χ0n) is 17.0. The lowest BCUT2D eigenvalue weighted by Gasteiger charge is -2.16. The van der Waals surface area contributed by atoms with Crippen LogP contribution in [0, 0.1) is 20.8 Å². The molecule has 0 aliphatic carbocycles. The smallest absolute Gasteiger partial charge is 0.127 e. The maximum Gasteiger partial charge on any atom is 0.127 e. The van der Waals surface area contributed by atoms with Gasteiger partial charge in [0.05, 0.1) is 25.5 Å². The summed E-state index contributed by atoms with van der Waals surface area (Å²) in [6.07, 6.45) is 0. The molecule has 28 heavy (non-hydrogen) atoms. The lowest BCUT2D eigenvalue weighted by Crippen LogP contribution is -2.00. The molecule has 0 heterocycles. The Morgan fingerprint density at radius 1 is 0.821 bits per heavy atom. The van der Waals surface area contributed by atoms with Crippen LogP contribution in [0.1, 0.15) is 27.8 Å². The second-order valence-electron chi connectivity index (χ2n) is 6.77. The number of rotatable bonds is 5. The summed E-state index contributed by atoms with van der Waals surface area (Å²) in [6.45, 7) is 6.34. The molecule has 142 valence electrons. The van der Waals surface area contributed by atoms with Crippen molar-refractivity contribution >= 4 is 17.1 Å². The van der Waals surface area contributed by atoms with Crippen molar-refractivity contribution in [1.82, 2.24) is 0 Å². The van der Waals surface area contributed by atoms with Crippen LogP contribution in [-0.2, 0) is 0 Å². The monoisotopic (exact) mass is 371 g/mol. The van der Waals surface area contributed by atoms with Gasteiger partial charge < -0.3 is 9.47 Å². The number of aryl methyl sites for hydroxylation is 3. The van der Waals surface area contributed by atoms with Gasteiger partial charge in [-0.25, -0.2) is 4.99 Å². The summed E-state index contributed by atoms with van der Waals surface area (Å²) >= 11 is 0. The van der Waals surface area contributed by atoms with Gasteiger partial charge in [0.15, 0.2) is 0 Å². The lowest BCUT2D eigenvalue weighted by molar-refractivity contribution is 0.402. The van der Waals surface area contributed by atoms with Crippen molar-refractivity contribution in [3.63, 3.8) is 0 Å². The molecule has 3 rings (SSSR count). The number of hydrogen-bond donors (Lipinski definition) is 0. The highest BCUT2D eigenvalue weighted by atomic mass is 16.5. The molecule has 0 spiro atoms. The predicted octanol–water partition coefficient (Wildman–Crippen LogP) is 6.06. The van der Waals surface area contributed by atoms with Crippen LogP contribution < -0.4 is 9.47 Å². The standard InChI is InChI=1S/C25H25NO2/c1-17-13-18(2)25(19(3)14-17)23(16-26-20-9-7-6-8-10-20)22-15-21(27-4)11-12-24(22)28-5/h6-15H,1-5H3. The molecule has 0 aromatic heterocycles. The Kier molecular flexibility index (Phi) is 5.98. The van der Waals surface area contributed by atoms with Crippen LogP contribution in [0.15, 0.2) is 65.7 Å². The van der Waals surface area contributed by atoms with Crippen LogP contribution in [0.4, 0.5) is 5.69 Å². The zero-order valence-corrected chi connectivity index (χ0v) is 17.0. The molecular weight excluding hydrogens is 346 g/mol. The van der Waals surface area contributed by atoms with E-state index in [1.165, 1.54) is 16.7 Å². The van der Waals surface area contributed by atoms with Crippen LogP contribution in [-0.4, -0.2) is 20.1 Å². The molecule has 0 unspecified atom stereocenters. The van der Waals surface area contributed by atoms with Crippen molar-refractivity contribution in [3.05, 3.63) is 88.5 Å². The maximum atomic E-state index is 5.64. The van der Waals surface area contributed by atoms with Crippen molar-refractivity contribution in [1.29, 1.82) is 0 Å². The topological polar surface area (TPSA) is 30.8 Å². The number of aliphatic imine (C=N–C) groups is 1. The summed E-state index contributed by atoms with van der Waals surface area (Å²) < 4.78 is 11.1. The van der Waals surface area contributed by atoms with E-state index in [0.717, 1.165) is 33.9 Å². The maximum absolute atomic E-state index is 5.64. The van der Waals surface area contributed by atoms with E-state index in [1.54, 1.807) is 14.2 Å². The summed E-state index contributed by atoms with van der Waals surface area (Å²) in [5.41, 5.74) is 7.32. The van der Waals surface area contributed by atoms with E-state index < -0.39 is 0 Å². The summed E-state index contributed by atoms with van der Waals surface area (Å²) in [5.74, 6) is 4.82. The van der Waals surface area contributed by atoms with Crippen molar-refractivity contribution < 1.29 is 9.47 Å². The molecule has 0 amide bonds. The molecule has 0 N–H and O–H groups in total. The average Bonchev–Trinajstić information content (AvgIpc) is 2.70. The second-order valence-corrected chi connectivity index (χ2v) is 6.77. The first-order valence-corrected chi connectivity index (χ1v) is 9.23. The summed E-state index contributed by atoms with van der Waals surface area (Å²) in [7, 11) is 3.33. The van der Waals surface area contributed by atoms with Gasteiger partial charge in [-0.15, -0.1) is 0 Å². The van der Waals surface area contributed by atoms with Gasteiger partial charge in [-0.3, -0.25) is 0 Å². The van der Waals surface area contributed by atoms with Crippen molar-refractivity contribution in [2.75, 3.05) is 14.2 Å². The van der Waals surface area contributed by atoms with Crippen molar-refractivity contribution in [2.45, 2.75) is 20.8 Å². The minimum atomic E-state index is 0.755. The Morgan fingerprint density at radius 2 is 1.50 bits per heavy atom. The number of para-hydroxylation sites is 1. The first kappa shape index (κ1) is 19.5. The molecule has 3 nitrogen and oxygen atoms in total. The largest absolute Gasteiger partial charge is 0.497 e. The Bertz CT molecular complexity index is 1020. The summed E-state index contributed by atoms with van der Waals surface area (Å²) in [6, 6.07) is 20.0. The Hall–Kier alpha value is -3.29. The highest BCUT2D eigenvalue weighted by molar-refractivity contribution is 6.02. The fraction of sp³-hybridized carbons (Fsp3) is 0.200. The fourth-order valence-corrected chi connectivity index (χ4v) is 3.46. The van der Waals surface area contributed by atoms with E-state index in [2.05, 4.69) is 43.8 Å². The quantitative estimate of drug-likeness (QED) is 0.510. The molecule has 0 saturated carbocycles. The van der Waals surface area contributed by atoms with Gasteiger partial charge in [-0.1, -0.05) is 35.9 Å². The molecule has 3 aromatic carbocycles. The van der Waals surface area contributed by atoms with Gasteiger partial charge in [0, 0.05) is 5.56 Å². The number of ether oxygens (including phenoxy) is 2. The van der Waals surface area contributed by atoms with Crippen LogP contribution in [0.5, 0.6) is 11.5 Å². The number of benzene rings is 3. The van der Waals surface area contributed by atoms with Crippen LogP contribution >= 0.6 is 0 Å². The average molecular weight is 371 g/mol. The van der Waals surface area contributed by atoms with E-state index in [9.17, 15) is 0 Å². The predicted molar refractivity (Wildman–Crippen MR) is 116 cm³/mol. The van der Waals surface area contributed by atoms with Crippen LogP contribution in [0.2, 0.25) is 0 Å². The Labute approximate surface area is 167 Å². The van der Waals surface area contributed by atoms with Gasteiger partial charge in [0.25, 0.3) is 0 Å². The molecule has 0 aliphatic heterocycles. The Morgan fingerprint density at radius 3 is 2.11 bits per heavy atom. The highest BCUT2D eigenvalue weighted by Crippen LogP contribution is 2.35. The molecule has 3 aromatic rings. The number of nitrogens with zero attached hydrogens (tertiary/aromatic N) is 1. The molecule has 0 bridgehead atoms. The van der Waals surface area contributed by atoms with Gasteiger partial charge in [-0.2, -0.15) is 0 Å². The van der Waals surface area contributed by atoms with Gasteiger partial charge in [0.2, 0.25) is 0 Å². The number of methoxy groups -OCH3 is 2. The minimum Gasteiger partial charge on any atom is -0.497 e. The van der Waals surface area contributed by atoms with Gasteiger partial charge in [-0.05, 0) is 73.7 Å². The summed E-state index contributed by atoms with van der Waals surface area (Å²) in [5, 5.41) is 0. The third-order valence-corrected chi connectivity index (χ3v) is 4.66. The SMILES string of the molecule is COc1ccc(OC)c(C(=C=Nc2ccccc2)c2c(C)cc(C)cc2C)c1. The molecule has 3 heteroatoms. The normalized spacial score (nSPS) is 10.2. The fourth-order valence-electron chi connectivity index (χ4n) is 3.46. The van der Waals surface area contributed by atoms with Crippen molar-refractivity contribution in [2.24, 2.45) is 4.99 Å². The van der Waals surface area contributed by atoms with E-state index in [0.29, 0.717) is 0 Å². The van der Waals surface area contributed by atoms with E-state index in [-0.39, 0.29) is 0 Å². The molecule has 0 fully saturated rings. The van der Waals surface area contributed by atoms with Gasteiger partial charge >= 0.3 is 0 Å². The molecular formula is C25H25NO2. The molecule has 0 atom stereocenters. The number of hydrogen-bond acceptors (Lipinski definition) is 3. The molecule has 0 saturated heterocycles. The first-order valence-electron chi connectivity index (χ1n) is 9.23. The molecule has 0 radical (unpaired) electrons. The zero-order chi connectivity index (χ0) is 20.1. The van der Waals surface area contributed by atoms with Gasteiger partial charge in [0.1, 0.15) is 11.5 Å². The third-order valence-electron chi connectivity index (χ3n) is 4.66. The lowest BCUT2D eigenvalue weighted by atomic mass is 9.90. The van der Waals surface area contributed by atoms with Crippen molar-refractivity contribution in [3.8, 4) is 11.5 Å².